The third-order valence-electron chi connectivity index (χ3n) is 3.72. The molecule has 18 heavy (non-hydrogen) atoms. The second-order valence-electron chi connectivity index (χ2n) is 5.29. The van der Waals surface area contributed by atoms with Crippen LogP contribution in [0.3, 0.4) is 0 Å². The highest BCUT2D eigenvalue weighted by Gasteiger charge is 2.14. The van der Waals surface area contributed by atoms with Crippen molar-refractivity contribution in [3.8, 4) is 0 Å². The number of aryl methyl sites for hydroxylation is 1. The van der Waals surface area contributed by atoms with Gasteiger partial charge in [0, 0.05) is 18.8 Å². The number of hydrogen-bond donors (Lipinski definition) is 0. The van der Waals surface area contributed by atoms with Crippen molar-refractivity contribution in [3.05, 3.63) is 47.7 Å². The van der Waals surface area contributed by atoms with Crippen molar-refractivity contribution in [1.29, 1.82) is 0 Å². The first-order chi connectivity index (χ1) is 8.86. The summed E-state index contributed by atoms with van der Waals surface area (Å²) < 4.78 is 0. The molecule has 0 aliphatic carbocycles. The summed E-state index contributed by atoms with van der Waals surface area (Å²) in [7, 11) is 0. The number of rotatable bonds is 0. The van der Waals surface area contributed by atoms with Crippen LogP contribution in [-0.2, 0) is 0 Å². The van der Waals surface area contributed by atoms with Crippen LogP contribution in [0.25, 0.3) is 0 Å². The Morgan fingerprint density at radius 3 is 2.39 bits per heavy atom. The van der Waals surface area contributed by atoms with Gasteiger partial charge in [0.2, 0.25) is 0 Å². The molecule has 2 heterocycles. The van der Waals surface area contributed by atoms with Gasteiger partial charge in [0.25, 0.3) is 0 Å². The van der Waals surface area contributed by atoms with Crippen molar-refractivity contribution in [3.63, 3.8) is 0 Å². The molecule has 98 valence electrons. The first-order valence-electron chi connectivity index (χ1n) is 7.32. The zero-order chi connectivity index (χ0) is 12.6. The van der Waals surface area contributed by atoms with Gasteiger partial charge in [0.05, 0.1) is 0 Å². The van der Waals surface area contributed by atoms with Crippen molar-refractivity contribution in [2.24, 2.45) is 0 Å². The van der Waals surface area contributed by atoms with Crippen LogP contribution in [-0.4, -0.2) is 18.0 Å². The number of fused-ring (bicyclic) bond motifs is 1. The lowest BCUT2D eigenvalue weighted by Gasteiger charge is -2.28. The number of allylic oxidation sites excluding steroid dienone is 2. The molecule has 0 bridgehead atoms. The Kier molecular flexibility index (Phi) is 5.32. The highest BCUT2D eigenvalue weighted by Crippen LogP contribution is 2.23. The molecule has 1 aromatic carbocycles. The van der Waals surface area contributed by atoms with Gasteiger partial charge >= 0.3 is 0 Å². The Bertz CT molecular complexity index is 366. The van der Waals surface area contributed by atoms with Crippen molar-refractivity contribution in [1.82, 2.24) is 4.90 Å². The second-order valence-corrected chi connectivity index (χ2v) is 5.29. The number of nitrogens with zero attached hydrogens (tertiary/aromatic N) is 1. The molecule has 1 saturated heterocycles. The maximum Gasteiger partial charge on any atom is 0.0177 e. The third-order valence-corrected chi connectivity index (χ3v) is 3.72. The first kappa shape index (κ1) is 13.2. The molecule has 2 aliphatic heterocycles. The molecule has 1 fully saturated rings. The minimum absolute atomic E-state index is 1.32. The van der Waals surface area contributed by atoms with E-state index in [4.69, 9.17) is 0 Å². The third kappa shape index (κ3) is 4.21. The molecule has 1 aromatic rings. The highest BCUT2D eigenvalue weighted by atomic mass is 15.1. The van der Waals surface area contributed by atoms with Crippen LogP contribution in [0, 0.1) is 6.92 Å². The summed E-state index contributed by atoms with van der Waals surface area (Å²) in [5.74, 6) is 0. The molecule has 0 unspecified atom stereocenters. The summed E-state index contributed by atoms with van der Waals surface area (Å²) in [6, 6.07) is 10.3. The zero-order valence-electron chi connectivity index (χ0n) is 11.6. The van der Waals surface area contributed by atoms with E-state index in [1.165, 1.54) is 57.2 Å². The minimum Gasteiger partial charge on any atom is -0.375 e. The fourth-order valence-corrected chi connectivity index (χ4v) is 2.66. The van der Waals surface area contributed by atoms with Gasteiger partial charge < -0.3 is 4.90 Å². The number of hydrogen-bond acceptors (Lipinski definition) is 1. The lowest BCUT2D eigenvalue weighted by atomic mass is 10.1. The molecule has 0 N–H and O–H groups in total. The fraction of sp³-hybridized carbons (Fsp3) is 0.529. The van der Waals surface area contributed by atoms with E-state index in [-0.39, 0.29) is 0 Å². The molecule has 1 heteroatoms. The maximum absolute atomic E-state index is 2.59. The fourth-order valence-electron chi connectivity index (χ4n) is 2.66. The molecule has 0 saturated carbocycles. The largest absolute Gasteiger partial charge is 0.375 e. The van der Waals surface area contributed by atoms with E-state index in [9.17, 15) is 0 Å². The molecule has 0 aromatic heterocycles. The Hall–Kier alpha value is -1.24. The zero-order valence-corrected chi connectivity index (χ0v) is 11.6. The lowest BCUT2D eigenvalue weighted by molar-refractivity contribution is 0.323. The van der Waals surface area contributed by atoms with Crippen LogP contribution in [0.2, 0.25) is 0 Å². The molecule has 1 nitrogen and oxygen atoms in total. The average molecular weight is 243 g/mol. The lowest BCUT2D eigenvalue weighted by Crippen LogP contribution is -2.26. The monoisotopic (exact) mass is 243 g/mol. The van der Waals surface area contributed by atoms with Gasteiger partial charge in [-0.3, -0.25) is 0 Å². The SMILES string of the molecule is C1=C2CCCCCN2CCC1.Cc1ccccc1. The Morgan fingerprint density at radius 1 is 0.889 bits per heavy atom. The molecular weight excluding hydrogens is 218 g/mol. The topological polar surface area (TPSA) is 3.24 Å². The van der Waals surface area contributed by atoms with Crippen LogP contribution >= 0.6 is 0 Å². The summed E-state index contributed by atoms with van der Waals surface area (Å²) in [6.45, 7) is 4.73. The summed E-state index contributed by atoms with van der Waals surface area (Å²) in [4.78, 5) is 2.59. The Morgan fingerprint density at radius 2 is 1.67 bits per heavy atom. The standard InChI is InChI=1S/C10H17N.C7H8/c1-2-6-10-7-3-5-9-11(10)8-4-1;1-7-5-3-2-4-6-7/h7H,1-6,8-9H2;2-6H,1H3. The van der Waals surface area contributed by atoms with Crippen molar-refractivity contribution >= 4 is 0 Å². The van der Waals surface area contributed by atoms with Gasteiger partial charge in [0.1, 0.15) is 0 Å². The van der Waals surface area contributed by atoms with Gasteiger partial charge in [-0.2, -0.15) is 0 Å². The van der Waals surface area contributed by atoms with Crippen LogP contribution in [0.5, 0.6) is 0 Å². The van der Waals surface area contributed by atoms with Crippen LogP contribution < -0.4 is 0 Å². The van der Waals surface area contributed by atoms with Gasteiger partial charge in [-0.1, -0.05) is 48.4 Å². The van der Waals surface area contributed by atoms with Crippen LogP contribution in [0.1, 0.15) is 44.1 Å². The van der Waals surface area contributed by atoms with Crippen LogP contribution in [0.15, 0.2) is 42.1 Å². The second kappa shape index (κ2) is 7.25. The Labute approximate surface area is 112 Å². The first-order valence-corrected chi connectivity index (χ1v) is 7.32. The van der Waals surface area contributed by atoms with Crippen molar-refractivity contribution in [2.75, 3.05) is 13.1 Å². The predicted octanol–water partition coefficient (Wildman–Crippen LogP) is 4.54. The average Bonchev–Trinajstić information content (AvgIpc) is 2.65. The van der Waals surface area contributed by atoms with Gasteiger partial charge in [-0.15, -0.1) is 0 Å². The van der Waals surface area contributed by atoms with E-state index in [1.54, 1.807) is 5.70 Å². The van der Waals surface area contributed by atoms with Gasteiger partial charge in [-0.05, 0) is 39.0 Å². The maximum atomic E-state index is 2.59. The summed E-state index contributed by atoms with van der Waals surface area (Å²) in [6.07, 6.45) is 10.8. The van der Waals surface area contributed by atoms with E-state index in [2.05, 4.69) is 30.0 Å². The molecule has 0 radical (unpaired) electrons. The molecule has 0 atom stereocenters. The summed E-state index contributed by atoms with van der Waals surface area (Å²) in [5, 5.41) is 0. The van der Waals surface area contributed by atoms with Crippen LogP contribution in [0.4, 0.5) is 0 Å². The summed E-state index contributed by atoms with van der Waals surface area (Å²) in [5.41, 5.74) is 2.97. The van der Waals surface area contributed by atoms with E-state index < -0.39 is 0 Å². The summed E-state index contributed by atoms with van der Waals surface area (Å²) >= 11 is 0. The molecule has 0 amide bonds. The number of benzene rings is 1. The van der Waals surface area contributed by atoms with E-state index in [0.29, 0.717) is 0 Å². The van der Waals surface area contributed by atoms with E-state index in [1.807, 2.05) is 18.2 Å². The van der Waals surface area contributed by atoms with E-state index in [0.717, 1.165) is 0 Å². The van der Waals surface area contributed by atoms with Crippen molar-refractivity contribution < 1.29 is 0 Å². The van der Waals surface area contributed by atoms with E-state index >= 15 is 0 Å². The molecular formula is C17H25N. The minimum atomic E-state index is 1.32. The van der Waals surface area contributed by atoms with Gasteiger partial charge in [-0.25, -0.2) is 0 Å². The molecule has 2 aliphatic rings. The van der Waals surface area contributed by atoms with Gasteiger partial charge in [0.15, 0.2) is 0 Å². The molecule has 0 spiro atoms. The quantitative estimate of drug-likeness (QED) is 0.647. The van der Waals surface area contributed by atoms with Crippen molar-refractivity contribution in [2.45, 2.75) is 45.4 Å². The highest BCUT2D eigenvalue weighted by molar-refractivity contribution is 5.11. The normalized spacial score (nSPS) is 18.9. The predicted molar refractivity (Wildman–Crippen MR) is 78.5 cm³/mol. The smallest absolute Gasteiger partial charge is 0.0177 e. The Balaban J connectivity index is 0.000000149. The molecule has 3 rings (SSSR count).